The maximum atomic E-state index is 13.2. The molecule has 2 nitrogen and oxygen atoms in total. The number of nitrogens with one attached hydrogen (secondary N) is 1. The van der Waals surface area contributed by atoms with Crippen molar-refractivity contribution in [3.63, 3.8) is 0 Å². The van der Waals surface area contributed by atoms with E-state index < -0.39 is 17.7 Å². The summed E-state index contributed by atoms with van der Waals surface area (Å²) in [6.07, 6.45) is -4.53. The van der Waals surface area contributed by atoms with Gasteiger partial charge in [0.1, 0.15) is 11.5 Å². The Hall–Kier alpha value is -1.85. The molecule has 2 rings (SSSR count). The maximum absolute atomic E-state index is 13.2. The highest BCUT2D eigenvalue weighted by Crippen LogP contribution is 2.37. The van der Waals surface area contributed by atoms with Gasteiger partial charge < -0.3 is 5.32 Å². The summed E-state index contributed by atoms with van der Waals surface area (Å²) in [5, 5.41) is 3.21. The maximum Gasteiger partial charge on any atom is 0.433 e. The summed E-state index contributed by atoms with van der Waals surface area (Å²) in [5.74, 6) is -0.507. The second-order valence-corrected chi connectivity index (χ2v) is 4.15. The number of benzene rings is 1. The van der Waals surface area contributed by atoms with Gasteiger partial charge in [-0.2, -0.15) is 13.2 Å². The van der Waals surface area contributed by atoms with Gasteiger partial charge in [-0.3, -0.25) is 0 Å². The smallest absolute Gasteiger partial charge is 0.385 e. The highest BCUT2D eigenvalue weighted by atomic mass is 19.4. The average molecular weight is 272 g/mol. The molecule has 2 aromatic rings. The van der Waals surface area contributed by atoms with Crippen molar-refractivity contribution in [1.82, 2.24) is 4.98 Å². The van der Waals surface area contributed by atoms with E-state index in [1.54, 1.807) is 6.92 Å². The predicted octanol–water partition coefficient (Wildman–Crippen LogP) is 4.13. The molecule has 19 heavy (non-hydrogen) atoms. The summed E-state index contributed by atoms with van der Waals surface area (Å²) in [7, 11) is 0. The molecule has 6 heteroatoms. The Morgan fingerprint density at radius 2 is 1.95 bits per heavy atom. The molecule has 102 valence electrons. The number of rotatable bonds is 2. The van der Waals surface area contributed by atoms with Crippen LogP contribution in [-0.4, -0.2) is 11.5 Å². The third-order valence-corrected chi connectivity index (χ3v) is 2.81. The van der Waals surface area contributed by atoms with Gasteiger partial charge in [-0.25, -0.2) is 9.37 Å². The van der Waals surface area contributed by atoms with Gasteiger partial charge in [-0.05, 0) is 32.0 Å². The van der Waals surface area contributed by atoms with Gasteiger partial charge in [0, 0.05) is 23.2 Å². The molecular weight excluding hydrogens is 260 g/mol. The van der Waals surface area contributed by atoms with Crippen LogP contribution in [0.4, 0.5) is 23.2 Å². The molecule has 0 saturated carbocycles. The monoisotopic (exact) mass is 272 g/mol. The Labute approximate surface area is 107 Å². The van der Waals surface area contributed by atoms with Crippen LogP contribution in [0, 0.1) is 12.7 Å². The van der Waals surface area contributed by atoms with E-state index in [2.05, 4.69) is 10.3 Å². The highest BCUT2D eigenvalue weighted by Gasteiger charge is 2.36. The minimum atomic E-state index is -4.53. The van der Waals surface area contributed by atoms with Crippen molar-refractivity contribution in [2.75, 3.05) is 11.9 Å². The molecule has 0 atom stereocenters. The predicted molar refractivity (Wildman–Crippen MR) is 65.6 cm³/mol. The second kappa shape index (κ2) is 4.68. The van der Waals surface area contributed by atoms with Crippen LogP contribution in [0.1, 0.15) is 18.2 Å². The fraction of sp³-hybridized carbons (Fsp3) is 0.308. The number of pyridine rings is 1. The van der Waals surface area contributed by atoms with Crippen molar-refractivity contribution in [3.8, 4) is 0 Å². The first-order valence-corrected chi connectivity index (χ1v) is 5.75. The fourth-order valence-corrected chi connectivity index (χ4v) is 2.01. The number of nitrogens with zero attached hydrogens (tertiary/aromatic N) is 1. The molecule has 1 aromatic heterocycles. The molecule has 0 aliphatic heterocycles. The zero-order valence-electron chi connectivity index (χ0n) is 10.4. The third-order valence-electron chi connectivity index (χ3n) is 2.81. The van der Waals surface area contributed by atoms with Crippen LogP contribution < -0.4 is 5.32 Å². The van der Waals surface area contributed by atoms with E-state index in [-0.39, 0.29) is 16.8 Å². The lowest BCUT2D eigenvalue weighted by atomic mass is 10.1. The normalized spacial score (nSPS) is 11.9. The molecule has 0 spiro atoms. The first-order valence-electron chi connectivity index (χ1n) is 5.75. The minimum Gasteiger partial charge on any atom is -0.385 e. The molecule has 0 saturated heterocycles. The summed E-state index contributed by atoms with van der Waals surface area (Å²) in [6, 6.07) is 3.54. The summed E-state index contributed by atoms with van der Waals surface area (Å²) >= 11 is 0. The minimum absolute atomic E-state index is 0.0209. The van der Waals surface area contributed by atoms with Gasteiger partial charge >= 0.3 is 6.18 Å². The molecule has 1 heterocycles. The molecule has 0 fully saturated rings. The van der Waals surface area contributed by atoms with E-state index in [0.29, 0.717) is 11.9 Å². The largest absolute Gasteiger partial charge is 0.433 e. The van der Waals surface area contributed by atoms with E-state index in [4.69, 9.17) is 0 Å². The number of halogens is 4. The van der Waals surface area contributed by atoms with Crippen LogP contribution in [0.3, 0.4) is 0 Å². The standard InChI is InChI=1S/C13H12F4N2/c1-3-18-11-7(2)12(13(15,16)17)19-10-5-4-8(14)6-9(10)11/h4-6H,3H2,1-2H3,(H,18,19). The lowest BCUT2D eigenvalue weighted by molar-refractivity contribution is -0.141. The van der Waals surface area contributed by atoms with Crippen molar-refractivity contribution in [2.24, 2.45) is 0 Å². The van der Waals surface area contributed by atoms with Crippen LogP contribution in [0.25, 0.3) is 10.9 Å². The van der Waals surface area contributed by atoms with Gasteiger partial charge in [0.15, 0.2) is 0 Å². The zero-order valence-corrected chi connectivity index (χ0v) is 10.4. The van der Waals surface area contributed by atoms with Gasteiger partial charge in [-0.1, -0.05) is 0 Å². The number of anilines is 1. The lowest BCUT2D eigenvalue weighted by Crippen LogP contribution is -2.13. The molecule has 0 aliphatic carbocycles. The number of alkyl halides is 3. The lowest BCUT2D eigenvalue weighted by Gasteiger charge is -2.16. The van der Waals surface area contributed by atoms with Crippen LogP contribution in [0.2, 0.25) is 0 Å². The second-order valence-electron chi connectivity index (χ2n) is 4.15. The highest BCUT2D eigenvalue weighted by molar-refractivity contribution is 5.93. The molecule has 0 amide bonds. The quantitative estimate of drug-likeness (QED) is 0.831. The van der Waals surface area contributed by atoms with Crippen molar-refractivity contribution < 1.29 is 17.6 Å². The molecule has 1 aromatic carbocycles. The fourth-order valence-electron chi connectivity index (χ4n) is 2.01. The van der Waals surface area contributed by atoms with Crippen LogP contribution in [0.15, 0.2) is 18.2 Å². The molecule has 0 radical (unpaired) electrons. The van der Waals surface area contributed by atoms with Crippen LogP contribution in [0.5, 0.6) is 0 Å². The summed E-state index contributed by atoms with van der Waals surface area (Å²) < 4.78 is 52.0. The van der Waals surface area contributed by atoms with Crippen LogP contribution >= 0.6 is 0 Å². The SMILES string of the molecule is CCNc1c(C)c(C(F)(F)F)nc2ccc(F)cc12. The molecular formula is C13H12F4N2. The Bertz CT molecular complexity index is 620. The molecule has 1 N–H and O–H groups in total. The van der Waals surface area contributed by atoms with Crippen molar-refractivity contribution in [3.05, 3.63) is 35.3 Å². The van der Waals surface area contributed by atoms with Crippen molar-refractivity contribution in [2.45, 2.75) is 20.0 Å². The van der Waals surface area contributed by atoms with Crippen molar-refractivity contribution in [1.29, 1.82) is 0 Å². The zero-order chi connectivity index (χ0) is 14.2. The Morgan fingerprint density at radius 3 is 2.53 bits per heavy atom. The molecule has 0 unspecified atom stereocenters. The first kappa shape index (κ1) is 13.6. The van der Waals surface area contributed by atoms with E-state index in [0.717, 1.165) is 6.07 Å². The number of fused-ring (bicyclic) bond motifs is 1. The first-order chi connectivity index (χ1) is 8.84. The molecule has 0 aliphatic rings. The van der Waals surface area contributed by atoms with E-state index in [1.807, 2.05) is 0 Å². The van der Waals surface area contributed by atoms with E-state index >= 15 is 0 Å². The Balaban J connectivity index is 2.82. The topological polar surface area (TPSA) is 24.9 Å². The van der Waals surface area contributed by atoms with Gasteiger partial charge in [0.2, 0.25) is 0 Å². The number of hydrogen-bond acceptors (Lipinski definition) is 2. The van der Waals surface area contributed by atoms with Crippen LogP contribution in [-0.2, 0) is 6.18 Å². The Morgan fingerprint density at radius 1 is 1.26 bits per heavy atom. The van der Waals surface area contributed by atoms with Crippen molar-refractivity contribution >= 4 is 16.6 Å². The molecule has 0 bridgehead atoms. The van der Waals surface area contributed by atoms with Gasteiger partial charge in [0.05, 0.1) is 5.52 Å². The van der Waals surface area contributed by atoms with Gasteiger partial charge in [0.25, 0.3) is 0 Å². The summed E-state index contributed by atoms with van der Waals surface area (Å²) in [6.45, 7) is 3.53. The van der Waals surface area contributed by atoms with Gasteiger partial charge in [-0.15, -0.1) is 0 Å². The third kappa shape index (κ3) is 2.47. The average Bonchev–Trinajstić information content (AvgIpc) is 2.31. The number of aromatic nitrogens is 1. The van der Waals surface area contributed by atoms with E-state index in [9.17, 15) is 17.6 Å². The summed E-state index contributed by atoms with van der Waals surface area (Å²) in [5.41, 5.74) is -0.565. The van der Waals surface area contributed by atoms with E-state index in [1.165, 1.54) is 19.1 Å². The summed E-state index contributed by atoms with van der Waals surface area (Å²) in [4.78, 5) is 3.60. The number of hydrogen-bond donors (Lipinski definition) is 1. The Kier molecular flexibility index (Phi) is 3.34.